The maximum atomic E-state index is 12.6. The van der Waals surface area contributed by atoms with Crippen LogP contribution in [0.5, 0.6) is 0 Å². The Morgan fingerprint density at radius 2 is 2.29 bits per heavy atom. The average molecular weight is 298 g/mol. The van der Waals surface area contributed by atoms with E-state index in [0.29, 0.717) is 11.5 Å². The van der Waals surface area contributed by atoms with E-state index in [1.165, 1.54) is 12.1 Å². The number of aryl methyl sites for hydroxylation is 1. The Morgan fingerprint density at radius 3 is 2.82 bits per heavy atom. The summed E-state index contributed by atoms with van der Waals surface area (Å²) in [6.45, 7) is 0. The predicted octanol–water partition coefficient (Wildman–Crippen LogP) is 2.57. The molecular weight excluding hydrogens is 289 g/mol. The van der Waals surface area contributed by atoms with Crippen molar-refractivity contribution in [2.24, 2.45) is 7.05 Å². The molecule has 17 heavy (non-hydrogen) atoms. The molecule has 88 valence electrons. The normalized spacial score (nSPS) is 10.3. The fraction of sp³-hybridized carbons (Fsp3) is 0.0909. The molecule has 0 fully saturated rings. The maximum Gasteiger partial charge on any atom is 0.273 e. The van der Waals surface area contributed by atoms with Crippen molar-refractivity contribution in [3.8, 4) is 0 Å². The van der Waals surface area contributed by atoms with Crippen LogP contribution in [0.3, 0.4) is 0 Å². The van der Waals surface area contributed by atoms with Crippen LogP contribution in [0.15, 0.2) is 35.1 Å². The van der Waals surface area contributed by atoms with Gasteiger partial charge in [0, 0.05) is 17.7 Å². The van der Waals surface area contributed by atoms with E-state index >= 15 is 0 Å². The van der Waals surface area contributed by atoms with Gasteiger partial charge in [-0.3, -0.25) is 4.79 Å². The summed E-state index contributed by atoms with van der Waals surface area (Å²) in [5.74, 6) is -0.421. The van der Waals surface area contributed by atoms with Gasteiger partial charge in [-0.25, -0.2) is 9.37 Å². The van der Waals surface area contributed by atoms with Gasteiger partial charge in [0.25, 0.3) is 5.91 Å². The third-order valence-electron chi connectivity index (χ3n) is 2.17. The SMILES string of the molecule is Cn1cc(Br)cc1C(=O)Nc1ccc(F)cn1. The molecule has 2 rings (SSSR count). The molecule has 0 aliphatic heterocycles. The first-order valence-corrected chi connectivity index (χ1v) is 5.60. The second-order valence-electron chi connectivity index (χ2n) is 3.47. The Bertz CT molecular complexity index is 550. The zero-order valence-electron chi connectivity index (χ0n) is 8.95. The number of aromatic nitrogens is 2. The Hall–Kier alpha value is -1.69. The van der Waals surface area contributed by atoms with Crippen molar-refractivity contribution in [1.29, 1.82) is 0 Å². The Labute approximate surface area is 106 Å². The van der Waals surface area contributed by atoms with Crippen LogP contribution in [0.1, 0.15) is 10.5 Å². The molecule has 0 spiro atoms. The minimum absolute atomic E-state index is 0.294. The summed E-state index contributed by atoms with van der Waals surface area (Å²) in [6.07, 6.45) is 2.82. The molecule has 1 amide bonds. The molecule has 0 saturated carbocycles. The molecule has 0 atom stereocenters. The van der Waals surface area contributed by atoms with Gasteiger partial charge in [-0.1, -0.05) is 0 Å². The van der Waals surface area contributed by atoms with Gasteiger partial charge in [-0.2, -0.15) is 0 Å². The molecule has 2 aromatic rings. The number of nitrogens with zero attached hydrogens (tertiary/aromatic N) is 2. The van der Waals surface area contributed by atoms with Crippen molar-refractivity contribution in [2.75, 3.05) is 5.32 Å². The zero-order valence-corrected chi connectivity index (χ0v) is 10.5. The van der Waals surface area contributed by atoms with Crippen LogP contribution in [-0.4, -0.2) is 15.5 Å². The second-order valence-corrected chi connectivity index (χ2v) is 4.39. The van der Waals surface area contributed by atoms with Crippen LogP contribution < -0.4 is 5.32 Å². The molecule has 0 aromatic carbocycles. The molecule has 0 radical (unpaired) electrons. The van der Waals surface area contributed by atoms with Gasteiger partial charge in [0.05, 0.1) is 6.20 Å². The number of rotatable bonds is 2. The number of amides is 1. The first-order chi connectivity index (χ1) is 8.06. The summed E-state index contributed by atoms with van der Waals surface area (Å²) in [5, 5.41) is 2.58. The molecule has 0 bridgehead atoms. The summed E-state index contributed by atoms with van der Waals surface area (Å²) >= 11 is 3.28. The minimum Gasteiger partial charge on any atom is -0.345 e. The van der Waals surface area contributed by atoms with Crippen LogP contribution in [-0.2, 0) is 7.05 Å². The molecule has 0 aliphatic rings. The highest BCUT2D eigenvalue weighted by molar-refractivity contribution is 9.10. The topological polar surface area (TPSA) is 46.9 Å². The zero-order chi connectivity index (χ0) is 12.4. The number of pyridine rings is 1. The molecule has 1 N–H and O–H groups in total. The largest absolute Gasteiger partial charge is 0.345 e. The van der Waals surface area contributed by atoms with E-state index in [0.717, 1.165) is 10.7 Å². The van der Waals surface area contributed by atoms with Gasteiger partial charge in [0.2, 0.25) is 0 Å². The van der Waals surface area contributed by atoms with Crippen molar-refractivity contribution in [1.82, 2.24) is 9.55 Å². The van der Waals surface area contributed by atoms with E-state index in [2.05, 4.69) is 26.2 Å². The molecule has 4 nitrogen and oxygen atoms in total. The number of carbonyl (C=O) groups is 1. The van der Waals surface area contributed by atoms with Crippen molar-refractivity contribution in [3.05, 3.63) is 46.6 Å². The van der Waals surface area contributed by atoms with Crippen LogP contribution in [0, 0.1) is 5.82 Å². The third-order valence-corrected chi connectivity index (χ3v) is 2.61. The number of hydrogen-bond donors (Lipinski definition) is 1. The van der Waals surface area contributed by atoms with Gasteiger partial charge >= 0.3 is 0 Å². The van der Waals surface area contributed by atoms with Crippen LogP contribution >= 0.6 is 15.9 Å². The number of halogens is 2. The fourth-order valence-corrected chi connectivity index (χ4v) is 1.90. The average Bonchev–Trinajstić information content (AvgIpc) is 2.61. The van der Waals surface area contributed by atoms with E-state index in [1.807, 2.05) is 0 Å². The summed E-state index contributed by atoms with van der Waals surface area (Å²) in [7, 11) is 1.76. The molecule has 2 heterocycles. The van der Waals surface area contributed by atoms with Crippen LogP contribution in [0.2, 0.25) is 0 Å². The first kappa shape index (κ1) is 11.8. The second kappa shape index (κ2) is 4.67. The molecule has 0 unspecified atom stereocenters. The Kier molecular flexibility index (Phi) is 3.23. The lowest BCUT2D eigenvalue weighted by molar-refractivity contribution is 0.101. The number of anilines is 1. The lowest BCUT2D eigenvalue weighted by atomic mass is 10.4. The van der Waals surface area contributed by atoms with Crippen LogP contribution in [0.4, 0.5) is 10.2 Å². The van der Waals surface area contributed by atoms with E-state index < -0.39 is 5.82 Å². The van der Waals surface area contributed by atoms with E-state index in [4.69, 9.17) is 0 Å². The Balaban J connectivity index is 2.17. The maximum absolute atomic E-state index is 12.6. The molecule has 0 aliphatic carbocycles. The first-order valence-electron chi connectivity index (χ1n) is 4.81. The highest BCUT2D eigenvalue weighted by Crippen LogP contribution is 2.15. The van der Waals surface area contributed by atoms with Crippen molar-refractivity contribution < 1.29 is 9.18 Å². The van der Waals surface area contributed by atoms with Crippen molar-refractivity contribution in [3.63, 3.8) is 0 Å². The molecule has 0 saturated heterocycles. The van der Waals surface area contributed by atoms with Gasteiger partial charge in [-0.15, -0.1) is 0 Å². The molecule has 2 aromatic heterocycles. The lowest BCUT2D eigenvalue weighted by Crippen LogP contribution is -2.16. The van der Waals surface area contributed by atoms with Gasteiger partial charge < -0.3 is 9.88 Å². The summed E-state index contributed by atoms with van der Waals surface area (Å²) in [4.78, 5) is 15.6. The Morgan fingerprint density at radius 1 is 1.53 bits per heavy atom. The summed E-state index contributed by atoms with van der Waals surface area (Å²) in [5.41, 5.74) is 0.489. The van der Waals surface area contributed by atoms with Crippen molar-refractivity contribution in [2.45, 2.75) is 0 Å². The standard InChI is InChI=1S/C11H9BrFN3O/c1-16-6-7(12)4-9(16)11(17)15-10-3-2-8(13)5-14-10/h2-6H,1H3,(H,14,15,17). The van der Waals surface area contributed by atoms with E-state index in [9.17, 15) is 9.18 Å². The summed E-state index contributed by atoms with van der Waals surface area (Å²) < 4.78 is 15.1. The van der Waals surface area contributed by atoms with E-state index in [-0.39, 0.29) is 5.91 Å². The van der Waals surface area contributed by atoms with Gasteiger partial charge in [0.15, 0.2) is 0 Å². The lowest BCUT2D eigenvalue weighted by Gasteiger charge is -2.04. The molecular formula is C11H9BrFN3O. The van der Waals surface area contributed by atoms with Crippen molar-refractivity contribution >= 4 is 27.7 Å². The predicted molar refractivity (Wildman–Crippen MR) is 65.3 cm³/mol. The number of carbonyl (C=O) groups excluding carboxylic acids is 1. The highest BCUT2D eigenvalue weighted by atomic mass is 79.9. The monoisotopic (exact) mass is 297 g/mol. The quantitative estimate of drug-likeness (QED) is 0.926. The number of hydrogen-bond acceptors (Lipinski definition) is 2. The fourth-order valence-electron chi connectivity index (χ4n) is 1.38. The third kappa shape index (κ3) is 2.71. The van der Waals surface area contributed by atoms with Gasteiger partial charge in [-0.05, 0) is 34.1 Å². The van der Waals surface area contributed by atoms with Crippen LogP contribution in [0.25, 0.3) is 0 Å². The summed E-state index contributed by atoms with van der Waals surface area (Å²) in [6, 6.07) is 4.34. The highest BCUT2D eigenvalue weighted by Gasteiger charge is 2.11. The molecule has 6 heteroatoms. The smallest absolute Gasteiger partial charge is 0.273 e. The van der Waals surface area contributed by atoms with Gasteiger partial charge in [0.1, 0.15) is 17.3 Å². The number of nitrogens with one attached hydrogen (secondary N) is 1. The van der Waals surface area contributed by atoms with E-state index in [1.54, 1.807) is 23.9 Å². The minimum atomic E-state index is -0.440.